The summed E-state index contributed by atoms with van der Waals surface area (Å²) in [6.07, 6.45) is 1.15. The van der Waals surface area contributed by atoms with E-state index in [1.165, 1.54) is 16.4 Å². The molecule has 0 aliphatic heterocycles. The summed E-state index contributed by atoms with van der Waals surface area (Å²) in [5.74, 6) is 0.0977. The van der Waals surface area contributed by atoms with Crippen LogP contribution in [0.1, 0.15) is 13.8 Å². The van der Waals surface area contributed by atoms with Crippen LogP contribution in [0.2, 0.25) is 5.02 Å². The van der Waals surface area contributed by atoms with E-state index in [4.69, 9.17) is 11.6 Å². The molecule has 0 amide bonds. The zero-order chi connectivity index (χ0) is 22.8. The summed E-state index contributed by atoms with van der Waals surface area (Å²) >= 11 is 6.11. The first-order valence-electron chi connectivity index (χ1n) is 9.67. The largest absolute Gasteiger partial charge is 0.266 e. The number of anilines is 1. The van der Waals surface area contributed by atoms with E-state index in [-0.39, 0.29) is 15.7 Å². The number of hydrogen-bond donors (Lipinski definition) is 0. The minimum atomic E-state index is -3.85. The molecule has 3 aromatic carbocycles. The molecule has 0 unspecified atom stereocenters. The predicted molar refractivity (Wildman–Crippen MR) is 126 cm³/mol. The van der Waals surface area contributed by atoms with E-state index in [1.807, 2.05) is 13.8 Å². The standard InChI is InChI=1S/C23H24ClNO4S2/c1-17(2)16-25(21-8-5-7-20(24)15-21)31(28,29)23-9-4-6-19(14-23)18-10-12-22(13-11-18)30(3,26)27/h4-15,17H,16H2,1-3H3. The van der Waals surface area contributed by atoms with Crippen molar-refractivity contribution in [3.8, 4) is 11.1 Å². The highest BCUT2D eigenvalue weighted by Crippen LogP contribution is 2.30. The molecule has 3 rings (SSSR count). The Bertz CT molecular complexity index is 1290. The molecule has 0 saturated carbocycles. The van der Waals surface area contributed by atoms with E-state index in [9.17, 15) is 16.8 Å². The van der Waals surface area contributed by atoms with E-state index in [0.717, 1.165) is 11.8 Å². The minimum absolute atomic E-state index is 0.0977. The van der Waals surface area contributed by atoms with Crippen LogP contribution in [0.3, 0.4) is 0 Å². The summed E-state index contributed by atoms with van der Waals surface area (Å²) in [5, 5.41) is 0.459. The van der Waals surface area contributed by atoms with Crippen molar-refractivity contribution in [3.63, 3.8) is 0 Å². The third kappa shape index (κ3) is 5.47. The third-order valence-electron chi connectivity index (χ3n) is 4.66. The van der Waals surface area contributed by atoms with Gasteiger partial charge in [0.25, 0.3) is 10.0 Å². The molecular weight excluding hydrogens is 454 g/mol. The zero-order valence-electron chi connectivity index (χ0n) is 17.5. The van der Waals surface area contributed by atoms with Gasteiger partial charge in [0.2, 0.25) is 0 Å². The van der Waals surface area contributed by atoms with Crippen molar-refractivity contribution >= 4 is 37.1 Å². The van der Waals surface area contributed by atoms with Crippen LogP contribution in [0, 0.1) is 5.92 Å². The van der Waals surface area contributed by atoms with Crippen molar-refractivity contribution in [2.75, 3.05) is 17.1 Å². The quantitative estimate of drug-likeness (QED) is 0.465. The summed E-state index contributed by atoms with van der Waals surface area (Å²) < 4.78 is 51.9. The minimum Gasteiger partial charge on any atom is -0.266 e. The Balaban J connectivity index is 2.04. The van der Waals surface area contributed by atoms with E-state index in [2.05, 4.69) is 0 Å². The number of nitrogens with zero attached hydrogens (tertiary/aromatic N) is 1. The maximum Gasteiger partial charge on any atom is 0.264 e. The lowest BCUT2D eigenvalue weighted by molar-refractivity contribution is 0.578. The van der Waals surface area contributed by atoms with Crippen molar-refractivity contribution in [3.05, 3.63) is 77.8 Å². The topological polar surface area (TPSA) is 71.5 Å². The number of sulfone groups is 1. The molecule has 0 radical (unpaired) electrons. The molecule has 0 bridgehead atoms. The van der Waals surface area contributed by atoms with E-state index in [1.54, 1.807) is 60.7 Å². The lowest BCUT2D eigenvalue weighted by Crippen LogP contribution is -2.34. The first-order valence-corrected chi connectivity index (χ1v) is 13.4. The lowest BCUT2D eigenvalue weighted by atomic mass is 10.1. The van der Waals surface area contributed by atoms with Gasteiger partial charge in [-0.25, -0.2) is 16.8 Å². The zero-order valence-corrected chi connectivity index (χ0v) is 19.9. The van der Waals surface area contributed by atoms with Crippen molar-refractivity contribution in [2.24, 2.45) is 5.92 Å². The highest BCUT2D eigenvalue weighted by atomic mass is 35.5. The molecule has 0 spiro atoms. The molecule has 8 heteroatoms. The maximum absolute atomic E-state index is 13.6. The fourth-order valence-electron chi connectivity index (χ4n) is 3.16. The Morgan fingerprint density at radius 3 is 2.03 bits per heavy atom. The van der Waals surface area contributed by atoms with Gasteiger partial charge in [0.05, 0.1) is 15.5 Å². The van der Waals surface area contributed by atoms with E-state index in [0.29, 0.717) is 22.8 Å². The van der Waals surface area contributed by atoms with Gasteiger partial charge in [-0.2, -0.15) is 0 Å². The molecule has 3 aromatic rings. The highest BCUT2D eigenvalue weighted by molar-refractivity contribution is 7.92. The smallest absolute Gasteiger partial charge is 0.264 e. The van der Waals surface area contributed by atoms with Crippen LogP contribution >= 0.6 is 11.6 Å². The van der Waals surface area contributed by atoms with Crippen LogP contribution in [0.15, 0.2) is 82.6 Å². The van der Waals surface area contributed by atoms with Crippen LogP contribution in [0.4, 0.5) is 5.69 Å². The van der Waals surface area contributed by atoms with Crippen molar-refractivity contribution < 1.29 is 16.8 Å². The first kappa shape index (κ1) is 23.3. The summed E-state index contributed by atoms with van der Waals surface area (Å²) in [4.78, 5) is 0.363. The van der Waals surface area contributed by atoms with Gasteiger partial charge in [-0.1, -0.05) is 55.8 Å². The normalized spacial score (nSPS) is 12.2. The second kappa shape index (κ2) is 9.02. The molecule has 0 N–H and O–H groups in total. The van der Waals surface area contributed by atoms with Gasteiger partial charge in [0.15, 0.2) is 9.84 Å². The molecule has 0 aliphatic rings. The SMILES string of the molecule is CC(C)CN(c1cccc(Cl)c1)S(=O)(=O)c1cccc(-c2ccc(S(C)(=O)=O)cc2)c1. The van der Waals surface area contributed by atoms with Gasteiger partial charge in [0, 0.05) is 17.8 Å². The molecule has 5 nitrogen and oxygen atoms in total. The third-order valence-corrected chi connectivity index (χ3v) is 7.82. The van der Waals surface area contributed by atoms with Gasteiger partial charge in [0.1, 0.15) is 0 Å². The molecule has 164 valence electrons. The molecule has 0 heterocycles. The average molecular weight is 478 g/mol. The Kier molecular flexibility index (Phi) is 6.79. The van der Waals surface area contributed by atoms with Crippen molar-refractivity contribution in [1.29, 1.82) is 0 Å². The molecule has 0 atom stereocenters. The summed E-state index contributed by atoms with van der Waals surface area (Å²) in [6.45, 7) is 4.20. The molecule has 0 saturated heterocycles. The Hall–Kier alpha value is -2.35. The van der Waals surface area contributed by atoms with Gasteiger partial charge < -0.3 is 0 Å². The van der Waals surface area contributed by atoms with E-state index < -0.39 is 19.9 Å². The molecule has 31 heavy (non-hydrogen) atoms. The summed E-state index contributed by atoms with van der Waals surface area (Å²) in [5.41, 5.74) is 1.91. The first-order chi connectivity index (χ1) is 14.5. The van der Waals surface area contributed by atoms with Crippen LogP contribution in [-0.2, 0) is 19.9 Å². The molecule has 0 aromatic heterocycles. The van der Waals surface area contributed by atoms with Gasteiger partial charge >= 0.3 is 0 Å². The molecular formula is C23H24ClNO4S2. The number of sulfonamides is 1. The van der Waals surface area contributed by atoms with E-state index >= 15 is 0 Å². The van der Waals surface area contributed by atoms with Crippen LogP contribution in [0.5, 0.6) is 0 Å². The monoisotopic (exact) mass is 477 g/mol. The summed E-state index contributed by atoms with van der Waals surface area (Å²) in [7, 11) is -7.15. The van der Waals surface area contributed by atoms with Crippen LogP contribution in [0.25, 0.3) is 11.1 Å². The fraction of sp³-hybridized carbons (Fsp3) is 0.217. The lowest BCUT2D eigenvalue weighted by Gasteiger charge is -2.26. The Morgan fingerprint density at radius 1 is 0.806 bits per heavy atom. The summed E-state index contributed by atoms with van der Waals surface area (Å²) in [6, 6.07) is 19.8. The second-order valence-corrected chi connectivity index (χ2v) is 12.0. The second-order valence-electron chi connectivity index (χ2n) is 7.73. The van der Waals surface area contributed by atoms with Crippen molar-refractivity contribution in [2.45, 2.75) is 23.6 Å². The average Bonchev–Trinajstić information content (AvgIpc) is 2.71. The Labute approximate surface area is 189 Å². The van der Waals surface area contributed by atoms with Crippen molar-refractivity contribution in [1.82, 2.24) is 0 Å². The number of benzene rings is 3. The number of hydrogen-bond acceptors (Lipinski definition) is 4. The number of rotatable bonds is 7. The molecule has 0 fully saturated rings. The predicted octanol–water partition coefficient (Wildman–Crippen LogP) is 5.26. The fourth-order valence-corrected chi connectivity index (χ4v) is 5.64. The maximum atomic E-state index is 13.6. The Morgan fingerprint density at radius 2 is 1.45 bits per heavy atom. The number of halogens is 1. The highest BCUT2D eigenvalue weighted by Gasteiger charge is 2.26. The van der Waals surface area contributed by atoms with Gasteiger partial charge in [-0.15, -0.1) is 0 Å². The van der Waals surface area contributed by atoms with Crippen LogP contribution < -0.4 is 4.31 Å². The van der Waals surface area contributed by atoms with Gasteiger partial charge in [-0.3, -0.25) is 4.31 Å². The molecule has 0 aliphatic carbocycles. The van der Waals surface area contributed by atoms with Gasteiger partial charge in [-0.05, 0) is 59.5 Å². The van der Waals surface area contributed by atoms with Crippen LogP contribution in [-0.4, -0.2) is 29.6 Å².